The van der Waals surface area contributed by atoms with Gasteiger partial charge in [0, 0.05) is 35.5 Å². The van der Waals surface area contributed by atoms with Crippen molar-refractivity contribution in [1.29, 1.82) is 0 Å². The van der Waals surface area contributed by atoms with Crippen LogP contribution in [0.1, 0.15) is 45.9 Å². The lowest BCUT2D eigenvalue weighted by Crippen LogP contribution is -2.52. The van der Waals surface area contributed by atoms with Crippen molar-refractivity contribution in [3.63, 3.8) is 0 Å². The van der Waals surface area contributed by atoms with Crippen LogP contribution in [0.2, 0.25) is 0 Å². The fraction of sp³-hybridized carbons (Fsp3) is 0.320. The summed E-state index contributed by atoms with van der Waals surface area (Å²) in [4.78, 5) is 16.0. The van der Waals surface area contributed by atoms with Gasteiger partial charge in [-0.15, -0.1) is 0 Å². The highest BCUT2D eigenvalue weighted by Gasteiger charge is 2.43. The molecule has 3 aliphatic rings. The van der Waals surface area contributed by atoms with E-state index in [-0.39, 0.29) is 11.3 Å². The molecule has 9 heteroatoms. The van der Waals surface area contributed by atoms with Crippen molar-refractivity contribution in [3.05, 3.63) is 94.7 Å². The number of pyridine rings is 2. The van der Waals surface area contributed by atoms with Crippen molar-refractivity contribution < 1.29 is 32.5 Å². The van der Waals surface area contributed by atoms with Gasteiger partial charge in [-0.3, -0.25) is 4.98 Å². The molecule has 1 aliphatic carbocycles. The summed E-state index contributed by atoms with van der Waals surface area (Å²) >= 11 is 0. The molecule has 1 saturated carbocycles. The molecule has 2 saturated heterocycles. The summed E-state index contributed by atoms with van der Waals surface area (Å²) in [6, 6.07) is 13.0. The van der Waals surface area contributed by atoms with Crippen molar-refractivity contribution in [2.75, 3.05) is 7.11 Å². The summed E-state index contributed by atoms with van der Waals surface area (Å²) < 4.78 is 40.8. The number of ether oxygens (including phenoxy) is 3. The summed E-state index contributed by atoms with van der Waals surface area (Å²) in [5.74, 6) is -0.926. The van der Waals surface area contributed by atoms with Gasteiger partial charge in [0.2, 0.25) is 0 Å². The second kappa shape index (κ2) is 10.6. The molecular weight excluding hydrogens is 446 g/mol. The van der Waals surface area contributed by atoms with Crippen molar-refractivity contribution in [2.24, 2.45) is 0 Å². The minimum absolute atomic E-state index is 0.0427. The first-order valence-electron chi connectivity index (χ1n) is 10.8. The minimum Gasteiger partial charge on any atom is -0.619 e. The maximum atomic E-state index is 12.9. The van der Waals surface area contributed by atoms with Crippen molar-refractivity contribution in [2.45, 2.75) is 44.0 Å². The van der Waals surface area contributed by atoms with Gasteiger partial charge in [0.1, 0.15) is 5.75 Å². The van der Waals surface area contributed by atoms with E-state index in [0.29, 0.717) is 34.6 Å². The van der Waals surface area contributed by atoms with Crippen LogP contribution < -0.4 is 9.47 Å². The van der Waals surface area contributed by atoms with Crippen molar-refractivity contribution >= 4 is 5.97 Å². The number of carbonyl (C=O) groups is 1. The number of halogens is 2. The monoisotopic (exact) mass is 470 g/mol. The average Bonchev–Trinajstić information content (AvgIpc) is 2.76. The van der Waals surface area contributed by atoms with Crippen LogP contribution in [-0.2, 0) is 15.9 Å². The largest absolute Gasteiger partial charge is 0.619 e. The van der Waals surface area contributed by atoms with Crippen molar-refractivity contribution in [1.82, 2.24) is 4.98 Å². The van der Waals surface area contributed by atoms with E-state index in [4.69, 9.17) is 9.47 Å². The summed E-state index contributed by atoms with van der Waals surface area (Å²) in [5.41, 5.74) is 2.17. The van der Waals surface area contributed by atoms with Crippen LogP contribution in [0.3, 0.4) is 0 Å². The van der Waals surface area contributed by atoms with Crippen LogP contribution in [0, 0.1) is 5.21 Å². The maximum Gasteiger partial charge on any atom is 0.387 e. The Bertz CT molecular complexity index is 1090. The summed E-state index contributed by atoms with van der Waals surface area (Å²) in [5, 5.41) is 11.3. The third-order valence-corrected chi connectivity index (χ3v) is 5.82. The quantitative estimate of drug-likeness (QED) is 0.295. The third kappa shape index (κ3) is 5.66. The highest BCUT2D eigenvalue weighted by atomic mass is 19.3. The first kappa shape index (κ1) is 23.6. The Morgan fingerprint density at radius 2 is 1.79 bits per heavy atom. The molecule has 34 heavy (non-hydrogen) atoms. The van der Waals surface area contributed by atoms with Crippen LogP contribution >= 0.6 is 0 Å². The van der Waals surface area contributed by atoms with E-state index in [1.165, 1.54) is 44.6 Å². The molecule has 1 atom stereocenters. The second-order valence-electron chi connectivity index (χ2n) is 8.05. The smallest absolute Gasteiger partial charge is 0.387 e. The SMILES string of the molecule is C1C2CC1O2.COC(=O)c1ccc(C(Cc2cc[n+]([O-])cc2)c2ccccc2OC(F)F)nc1. The van der Waals surface area contributed by atoms with E-state index >= 15 is 0 Å². The topological polar surface area (TPSA) is 84.6 Å². The first-order valence-corrected chi connectivity index (χ1v) is 10.8. The van der Waals surface area contributed by atoms with E-state index in [1.54, 1.807) is 42.5 Å². The van der Waals surface area contributed by atoms with Gasteiger partial charge >= 0.3 is 12.6 Å². The molecule has 1 aromatic carbocycles. The van der Waals surface area contributed by atoms with Crippen LogP contribution in [0.15, 0.2) is 67.1 Å². The van der Waals surface area contributed by atoms with Gasteiger partial charge in [-0.05, 0) is 43.0 Å². The number of benzene rings is 1. The zero-order valence-corrected chi connectivity index (χ0v) is 18.5. The molecule has 0 amide bonds. The average molecular weight is 470 g/mol. The van der Waals surface area contributed by atoms with Gasteiger partial charge < -0.3 is 19.4 Å². The number of esters is 1. The van der Waals surface area contributed by atoms with Gasteiger partial charge in [0.05, 0.1) is 24.9 Å². The van der Waals surface area contributed by atoms with E-state index in [0.717, 1.165) is 5.56 Å². The number of methoxy groups -OCH3 is 1. The molecule has 4 heterocycles. The molecule has 2 aliphatic heterocycles. The molecule has 3 fully saturated rings. The van der Waals surface area contributed by atoms with E-state index in [9.17, 15) is 18.8 Å². The zero-order chi connectivity index (χ0) is 24.1. The highest BCUT2D eigenvalue weighted by Crippen LogP contribution is 2.39. The summed E-state index contributed by atoms with van der Waals surface area (Å²) in [6.45, 7) is -2.97. The number of nitrogens with zero attached hydrogens (tertiary/aromatic N) is 2. The number of para-hydroxylation sites is 1. The van der Waals surface area contributed by atoms with Crippen LogP contribution in [0.4, 0.5) is 8.78 Å². The molecule has 3 aromatic rings. The van der Waals surface area contributed by atoms with Gasteiger partial charge in [-0.2, -0.15) is 13.5 Å². The Morgan fingerprint density at radius 3 is 2.32 bits per heavy atom. The highest BCUT2D eigenvalue weighted by molar-refractivity contribution is 5.88. The number of aromatic nitrogens is 2. The lowest BCUT2D eigenvalue weighted by molar-refractivity contribution is -0.605. The predicted molar refractivity (Wildman–Crippen MR) is 117 cm³/mol. The molecule has 0 radical (unpaired) electrons. The molecule has 0 spiro atoms. The number of rotatable bonds is 7. The molecule has 7 nitrogen and oxygen atoms in total. The molecule has 6 rings (SSSR count). The Labute approximate surface area is 195 Å². The molecular formula is C25H24F2N2O5. The Morgan fingerprint density at radius 1 is 1.15 bits per heavy atom. The van der Waals surface area contributed by atoms with Crippen LogP contribution in [0.5, 0.6) is 5.75 Å². The Hall–Kier alpha value is -3.59. The molecule has 2 aromatic heterocycles. The van der Waals surface area contributed by atoms with E-state index < -0.39 is 18.5 Å². The fourth-order valence-electron chi connectivity index (χ4n) is 3.78. The minimum atomic E-state index is -2.97. The Balaban J connectivity index is 0.000000474. The zero-order valence-electron chi connectivity index (χ0n) is 18.5. The van der Waals surface area contributed by atoms with E-state index in [2.05, 4.69) is 9.72 Å². The normalized spacial score (nSPS) is 18.6. The number of alkyl halides is 2. The fourth-order valence-corrected chi connectivity index (χ4v) is 3.78. The van der Waals surface area contributed by atoms with Gasteiger partial charge in [0.15, 0.2) is 12.4 Å². The number of hydrogen-bond donors (Lipinski definition) is 0. The Kier molecular flexibility index (Phi) is 7.32. The van der Waals surface area contributed by atoms with Crippen LogP contribution in [0.25, 0.3) is 0 Å². The summed E-state index contributed by atoms with van der Waals surface area (Å²) in [6.07, 6.45) is 8.62. The first-order chi connectivity index (χ1) is 16.4. The van der Waals surface area contributed by atoms with Crippen molar-refractivity contribution in [3.8, 4) is 5.75 Å². The predicted octanol–water partition coefficient (Wildman–Crippen LogP) is 4.03. The second-order valence-corrected chi connectivity index (χ2v) is 8.05. The standard InChI is InChI=1S/C21H18F2N2O4.C4H6O/c1-28-20(26)15-6-7-18(24-13-15)17(12-14-8-10-25(27)11-9-14)16-4-2-3-5-19(16)29-21(22)23;1-3-2-4(1)5-3/h2-11,13,17,21H,12H2,1H3;3-4H,1-2H2. The molecule has 2 bridgehead atoms. The van der Waals surface area contributed by atoms with Gasteiger partial charge in [-0.1, -0.05) is 18.2 Å². The van der Waals surface area contributed by atoms with Gasteiger partial charge in [0.25, 0.3) is 0 Å². The maximum absolute atomic E-state index is 12.9. The lowest BCUT2D eigenvalue weighted by atomic mass is 9.84. The third-order valence-electron chi connectivity index (χ3n) is 5.82. The lowest BCUT2D eigenvalue weighted by Gasteiger charge is -2.49. The van der Waals surface area contributed by atoms with E-state index in [1.807, 2.05) is 0 Å². The number of hydrogen-bond acceptors (Lipinski definition) is 6. The summed E-state index contributed by atoms with van der Waals surface area (Å²) in [7, 11) is 1.27. The van der Waals surface area contributed by atoms with Gasteiger partial charge in [-0.25, -0.2) is 4.79 Å². The molecule has 1 unspecified atom stereocenters. The van der Waals surface area contributed by atoms with Crippen LogP contribution in [-0.4, -0.2) is 36.9 Å². The number of carbonyl (C=O) groups excluding carboxylic acids is 1. The molecule has 0 N–H and O–H groups in total. The molecule has 178 valence electrons.